The van der Waals surface area contributed by atoms with Crippen LogP contribution in [0.5, 0.6) is 0 Å². The summed E-state index contributed by atoms with van der Waals surface area (Å²) in [5, 5.41) is 0.0682. The number of halogens is 13. The molecule has 0 atom stereocenters. The lowest BCUT2D eigenvalue weighted by Gasteiger charge is -2.38. The van der Waals surface area contributed by atoms with Crippen molar-refractivity contribution >= 4 is 84.3 Å². The molecule has 34 heteroatoms. The van der Waals surface area contributed by atoms with Crippen LogP contribution in [0, 0.1) is 37.1 Å². The minimum Gasteiger partial charge on any atom is -0.513 e. The molecule has 504 valence electrons. The molecule has 0 bridgehead atoms. The maximum atomic E-state index is 14.2. The molecule has 2 rings (SSSR count). The molecular weight excluding hydrogens is 1290 g/mol. The van der Waals surface area contributed by atoms with Crippen LogP contribution in [0.15, 0.2) is 24.3 Å². The highest BCUT2D eigenvalue weighted by atomic mass is 28.5. The predicted molar refractivity (Wildman–Crippen MR) is 326 cm³/mol. The number of carbonyl (C=O) groups excluding carboxylic acids is 1. The Balaban J connectivity index is -0.000000475. The minimum absolute atomic E-state index is 0.00889. The van der Waals surface area contributed by atoms with Gasteiger partial charge in [0.2, 0.25) is 8.32 Å². The molecule has 0 aliphatic heterocycles. The van der Waals surface area contributed by atoms with Crippen molar-refractivity contribution in [3.8, 4) is 0 Å². The first-order valence-corrected chi connectivity index (χ1v) is 48.6. The monoisotopic (exact) mass is 1390 g/mol. The van der Waals surface area contributed by atoms with Crippen molar-refractivity contribution in [3.05, 3.63) is 58.7 Å². The Morgan fingerprint density at radius 1 is 0.482 bits per heavy atom. The van der Waals surface area contributed by atoms with E-state index in [4.69, 9.17) is 48.1 Å². The second-order valence-corrected chi connectivity index (χ2v) is 53.6. The smallest absolute Gasteiger partial charge is 0.513 e. The molecule has 0 fully saturated rings. The number of hydrogen-bond acceptors (Lipinski definition) is 13. The lowest BCUT2D eigenvalue weighted by Crippen LogP contribution is -2.60. The van der Waals surface area contributed by atoms with Crippen molar-refractivity contribution in [2.45, 2.75) is 189 Å². The van der Waals surface area contributed by atoms with E-state index in [9.17, 15) is 61.9 Å². The molecule has 0 aliphatic rings. The summed E-state index contributed by atoms with van der Waals surface area (Å²) in [5.41, 5.74) is 0.437. The van der Waals surface area contributed by atoms with E-state index in [2.05, 4.69) is 31.7 Å². The van der Waals surface area contributed by atoms with Gasteiger partial charge in [0, 0.05) is 100 Å². The van der Waals surface area contributed by atoms with Crippen molar-refractivity contribution in [3.63, 3.8) is 0 Å². The summed E-state index contributed by atoms with van der Waals surface area (Å²) in [4.78, 5) is 10.2. The Labute approximate surface area is 506 Å². The molecule has 0 saturated carbocycles. The Bertz CT molecular complexity index is 2090. The van der Waals surface area contributed by atoms with Crippen molar-refractivity contribution in [1.82, 2.24) is 0 Å². The second-order valence-electron chi connectivity index (χ2n) is 22.1. The Kier molecular flexibility index (Phi) is 41.7. The third kappa shape index (κ3) is 36.7. The maximum absolute atomic E-state index is 14.2. The van der Waals surface area contributed by atoms with Crippen molar-refractivity contribution in [1.29, 1.82) is 0 Å². The lowest BCUT2D eigenvalue weighted by molar-refractivity contribution is -0.190. The highest BCUT2D eigenvalue weighted by molar-refractivity contribution is 6.87. The largest absolute Gasteiger partial charge is 0.543 e. The third-order valence-electron chi connectivity index (χ3n) is 11.7. The van der Waals surface area contributed by atoms with Crippen molar-refractivity contribution in [2.24, 2.45) is 0 Å². The molecule has 0 aliphatic carbocycles. The second kappa shape index (κ2) is 39.5. The number of alkyl halides is 9. The van der Waals surface area contributed by atoms with E-state index in [1.54, 1.807) is 48.6 Å². The van der Waals surface area contributed by atoms with Crippen LogP contribution in [0.2, 0.25) is 102 Å². The maximum Gasteiger partial charge on any atom is 0.543 e. The first-order valence-electron chi connectivity index (χ1n) is 27.3. The van der Waals surface area contributed by atoms with E-state index in [0.29, 0.717) is 0 Å². The van der Waals surface area contributed by atoms with E-state index in [0.717, 1.165) is 12.1 Å². The molecule has 0 aromatic heterocycles. The molecule has 2 aromatic carbocycles. The van der Waals surface area contributed by atoms with Gasteiger partial charge in [-0.1, -0.05) is 75.3 Å². The highest BCUT2D eigenvalue weighted by Gasteiger charge is 2.51. The summed E-state index contributed by atoms with van der Waals surface area (Å²) in [6, 6.07) is 12.1. The summed E-state index contributed by atoms with van der Waals surface area (Å²) in [6.45, 7) is 35.4. The van der Waals surface area contributed by atoms with Crippen molar-refractivity contribution < 1.29 is 114 Å². The molecule has 0 spiro atoms. The van der Waals surface area contributed by atoms with Gasteiger partial charge in [-0.2, -0.15) is 39.5 Å². The number of aryl methyl sites for hydroxylation is 1. The average molecular weight is 1390 g/mol. The molecule has 0 saturated heterocycles. The summed E-state index contributed by atoms with van der Waals surface area (Å²) in [5.74, 6) is -8.10. The zero-order valence-corrected chi connectivity index (χ0v) is 62.6. The summed E-state index contributed by atoms with van der Waals surface area (Å²) < 4.78 is 226. The van der Waals surface area contributed by atoms with Gasteiger partial charge in [0.15, 0.2) is 39.9 Å². The van der Waals surface area contributed by atoms with Gasteiger partial charge >= 0.3 is 59.5 Å². The van der Waals surface area contributed by atoms with Crippen LogP contribution in [-0.4, -0.2) is 155 Å². The van der Waals surface area contributed by atoms with Crippen LogP contribution in [0.3, 0.4) is 0 Å². The molecule has 0 N–H and O–H groups in total. The lowest BCUT2D eigenvalue weighted by atomic mass is 10.2. The van der Waals surface area contributed by atoms with Crippen LogP contribution in [0.1, 0.15) is 65.5 Å². The van der Waals surface area contributed by atoms with E-state index >= 15 is 0 Å². The van der Waals surface area contributed by atoms with Crippen LogP contribution < -0.4 is 10.4 Å². The van der Waals surface area contributed by atoms with Crippen LogP contribution >= 0.6 is 0 Å². The van der Waals surface area contributed by atoms with Crippen LogP contribution in [0.4, 0.5) is 57.1 Å². The van der Waals surface area contributed by atoms with E-state index in [-0.39, 0.29) is 31.9 Å². The highest BCUT2D eigenvalue weighted by Crippen LogP contribution is 2.32. The first kappa shape index (κ1) is 89.7. The number of carbonyl (C=O) groups is 1. The quantitative estimate of drug-likeness (QED) is 0.0504. The normalized spacial score (nSPS) is 12.9. The zero-order chi connectivity index (χ0) is 68.1. The molecule has 0 radical (unpaired) electrons. The van der Waals surface area contributed by atoms with Gasteiger partial charge in [0.1, 0.15) is 0 Å². The van der Waals surface area contributed by atoms with Crippen molar-refractivity contribution in [2.75, 3.05) is 62.5 Å². The molecule has 0 amide bonds. The number of benzene rings is 2. The van der Waals surface area contributed by atoms with E-state index < -0.39 is 139 Å². The van der Waals surface area contributed by atoms with Crippen LogP contribution in [0.25, 0.3) is 0 Å². The van der Waals surface area contributed by atoms with Gasteiger partial charge in [-0.05, 0) is 106 Å². The zero-order valence-electron chi connectivity index (χ0n) is 54.6. The number of rotatable bonds is 26. The SMILES string of the molecule is CCO[Si](OCC)(OCC)c1c(F)c(F)c(C)c(F)c1F.CC[Si](C)(CC)CC.CO[Si](CCC(F)(F)F)(OC)OC.CO[Si](OC)(OC)c1cccc(C)c1.C[Si](C)(C)OC(=O)C(F)(F)F.C[Si](C)(C)O[Si](C)(CCC(F)(F)F)O[Si](C)(C)C. The topological polar surface area (TPSA) is 128 Å². The number of hydrogen-bond donors (Lipinski definition) is 0. The predicted octanol–water partition coefficient (Wildman–Crippen LogP) is 15.5. The molecule has 2 aromatic rings. The standard InChI is InChI=1S/C13H18F4O3Si.C10H25F3O2Si3.C10H16O3Si.C7H18Si.C6H13F3O3Si.C5H9F3O2Si/c1-5-18-21(19-6-2,20-7-3)13-11(16)9(14)8(4)10(15)12(13)17;1-16(2,3)14-18(7,15-17(4,5)6)9-8-10(11,12)13;1-9-6-5-7-10(8-9)14(11-2,12-3)13-4;1-5-8(4,6-2)7-3;1-10-13(11-2,12-3)5-4-6(7,8)9;1-11(2,3)10-4(9)5(6,7)8/h5-7H2,1-4H3;8-9H2,1-7H3;5-8H,1-4H3;5-7H2,1-4H3;4-5H2,1-3H3;1-3H3. The summed E-state index contributed by atoms with van der Waals surface area (Å²) in [7, 11) is -10.6. The van der Waals surface area contributed by atoms with Gasteiger partial charge in [-0.25, -0.2) is 22.4 Å². The fraction of sp³-hybridized carbons (Fsp3) is 0.745. The summed E-state index contributed by atoms with van der Waals surface area (Å²) in [6.07, 6.45) is -15.0. The molecule has 0 heterocycles. The Morgan fingerprint density at radius 3 is 1.07 bits per heavy atom. The van der Waals surface area contributed by atoms with Crippen LogP contribution in [-0.2, 0) is 57.3 Å². The molecular formula is C51H99F13O13Si8. The first-order chi connectivity index (χ1) is 38.4. The third-order valence-corrected chi connectivity index (χ3v) is 35.6. The van der Waals surface area contributed by atoms with Gasteiger partial charge < -0.3 is 52.5 Å². The average Bonchev–Trinajstić information content (AvgIpc) is 3.48. The fourth-order valence-corrected chi connectivity index (χ4v) is 27.9. The molecule has 0 unspecified atom stereocenters. The molecule has 13 nitrogen and oxygen atoms in total. The van der Waals surface area contributed by atoms with Gasteiger partial charge in [-0.15, -0.1) is 0 Å². The summed E-state index contributed by atoms with van der Waals surface area (Å²) >= 11 is 0. The van der Waals surface area contributed by atoms with E-state index in [1.165, 1.54) is 64.7 Å². The van der Waals surface area contributed by atoms with Gasteiger partial charge in [-0.3, -0.25) is 0 Å². The van der Waals surface area contributed by atoms with E-state index in [1.807, 2.05) is 70.5 Å². The Hall–Kier alpha value is -1.70. The minimum atomic E-state index is -4.86. The van der Waals surface area contributed by atoms with Gasteiger partial charge in [0.25, 0.3) is 0 Å². The Morgan fingerprint density at radius 2 is 0.835 bits per heavy atom. The molecule has 85 heavy (non-hydrogen) atoms. The van der Waals surface area contributed by atoms with Gasteiger partial charge in [0.05, 0.1) is 5.19 Å². The fourth-order valence-electron chi connectivity index (χ4n) is 7.08.